The number of aryl methyl sites for hydroxylation is 1. The normalized spacial score (nSPS) is 24.0. The Kier molecular flexibility index (Phi) is 12.6. The summed E-state index contributed by atoms with van der Waals surface area (Å²) in [6.07, 6.45) is 0.875. The summed E-state index contributed by atoms with van der Waals surface area (Å²) in [7, 11) is 1.36. The molecule has 2 aromatic rings. The van der Waals surface area contributed by atoms with Crippen molar-refractivity contribution in [1.82, 2.24) is 36.1 Å². The van der Waals surface area contributed by atoms with Gasteiger partial charge in [0, 0.05) is 19.3 Å². The highest BCUT2D eigenvalue weighted by Gasteiger charge is 2.42. The van der Waals surface area contributed by atoms with Gasteiger partial charge in [0.1, 0.15) is 24.2 Å². The van der Waals surface area contributed by atoms with Gasteiger partial charge in [-0.15, -0.1) is 23.1 Å². The van der Waals surface area contributed by atoms with Crippen molar-refractivity contribution in [2.45, 2.75) is 64.7 Å². The minimum atomic E-state index is -1.24. The predicted molar refractivity (Wildman–Crippen MR) is 188 cm³/mol. The van der Waals surface area contributed by atoms with Gasteiger partial charge in [0.05, 0.1) is 34.9 Å². The number of benzene rings is 1. The van der Waals surface area contributed by atoms with Gasteiger partial charge in [0.25, 0.3) is 0 Å². The van der Waals surface area contributed by atoms with Gasteiger partial charge in [0.15, 0.2) is 0 Å². The number of hydrogen-bond acceptors (Lipinski definition) is 10. The van der Waals surface area contributed by atoms with Crippen LogP contribution in [0.3, 0.4) is 0 Å². The third-order valence-electron chi connectivity index (χ3n) is 8.62. The number of aromatic nitrogens is 1. The number of hydrogen-bond donors (Lipinski definition) is 5. The highest BCUT2D eigenvalue weighted by atomic mass is 32.2. The number of likely N-dealkylation sites (N-methyl/N-ethyl adjacent to an activating group) is 1. The summed E-state index contributed by atoms with van der Waals surface area (Å²) in [5.41, 5.74) is 8.71. The summed E-state index contributed by atoms with van der Waals surface area (Å²) in [6, 6.07) is 2.79. The van der Waals surface area contributed by atoms with E-state index in [-0.39, 0.29) is 18.1 Å². The van der Waals surface area contributed by atoms with Crippen molar-refractivity contribution in [2.24, 2.45) is 11.1 Å². The van der Waals surface area contributed by atoms with Crippen molar-refractivity contribution < 1.29 is 33.6 Å². The van der Waals surface area contributed by atoms with Gasteiger partial charge in [0.2, 0.25) is 41.4 Å². The zero-order valence-electron chi connectivity index (χ0n) is 28.7. The Morgan fingerprint density at radius 3 is 2.28 bits per heavy atom. The third kappa shape index (κ3) is 9.38. The molecule has 3 heterocycles. The van der Waals surface area contributed by atoms with Crippen molar-refractivity contribution in [3.05, 3.63) is 41.0 Å². The molecule has 0 aliphatic carbocycles. The Balaban J connectivity index is 1.66. The van der Waals surface area contributed by atoms with Crippen LogP contribution in [0.15, 0.2) is 29.8 Å². The van der Waals surface area contributed by atoms with Gasteiger partial charge >= 0.3 is 0 Å². The zero-order valence-corrected chi connectivity index (χ0v) is 30.4. The van der Waals surface area contributed by atoms with Gasteiger partial charge in [-0.3, -0.25) is 33.6 Å². The standard InChI is InChI=1S/C33H44N8O7S2/c1-18-27(50-17-37-18)20-10-8-19(9-11-20)26-31(47)36-13-23(42)35-14-25(44)40(5)22(29(34)45)15-49-16-24(43)38-28(33(2,3)4)32(48)41-12-6-7-21(41)30(46)39-26/h8-11,17,21-22,26,28H,6-7,12-16H2,1-5H3,(H2,34,45)(H,35,42)(H,36,47)(H,38,43)(H,39,46)/t21-,22+,26+,28?/m0/s1. The van der Waals surface area contributed by atoms with E-state index in [2.05, 4.69) is 26.3 Å². The first-order valence-corrected chi connectivity index (χ1v) is 18.2. The molecule has 1 unspecified atom stereocenters. The van der Waals surface area contributed by atoms with Crippen LogP contribution in [0.25, 0.3) is 10.4 Å². The van der Waals surface area contributed by atoms with Gasteiger partial charge < -0.3 is 36.8 Å². The molecule has 4 rings (SSSR count). The van der Waals surface area contributed by atoms with Crippen molar-refractivity contribution in [2.75, 3.05) is 38.2 Å². The fourth-order valence-electron chi connectivity index (χ4n) is 5.72. The minimum absolute atomic E-state index is 0.0102. The third-order valence-corrected chi connectivity index (χ3v) is 10.6. The fraction of sp³-hybridized carbons (Fsp3) is 0.515. The van der Waals surface area contributed by atoms with E-state index in [0.717, 1.165) is 32.8 Å². The molecule has 15 nitrogen and oxygen atoms in total. The van der Waals surface area contributed by atoms with E-state index in [1.165, 1.54) is 23.3 Å². The molecular formula is C33H44N8O7S2. The summed E-state index contributed by atoms with van der Waals surface area (Å²) in [6.45, 7) is 6.57. The highest BCUT2D eigenvalue weighted by Crippen LogP contribution is 2.30. The summed E-state index contributed by atoms with van der Waals surface area (Å²) in [5.74, 6) is -4.42. The van der Waals surface area contributed by atoms with Crippen LogP contribution in [0, 0.1) is 12.3 Å². The fourth-order valence-corrected chi connectivity index (χ4v) is 7.53. The largest absolute Gasteiger partial charge is 0.368 e. The number of carbonyl (C=O) groups excluding carboxylic acids is 7. The van der Waals surface area contributed by atoms with E-state index in [9.17, 15) is 33.6 Å². The number of thiazole rings is 1. The molecule has 0 radical (unpaired) electrons. The second-order valence-electron chi connectivity index (χ2n) is 13.3. The lowest BCUT2D eigenvalue weighted by atomic mass is 9.85. The van der Waals surface area contributed by atoms with E-state index in [1.54, 1.807) is 38.4 Å². The van der Waals surface area contributed by atoms with Crippen LogP contribution in [0.2, 0.25) is 0 Å². The van der Waals surface area contributed by atoms with Gasteiger partial charge in [-0.25, -0.2) is 4.98 Å². The SMILES string of the molecule is Cc1ncsc1-c1ccc([C@H]2NC(=O)[C@@H]3CCCN3C(=O)C(C(C)(C)C)NC(=O)CSC[C@H](C(N)=O)N(C)C(=O)CNC(=O)CNC2=O)cc1. The number of fused-ring (bicyclic) bond motifs is 1. The average molecular weight is 729 g/mol. The lowest BCUT2D eigenvalue weighted by molar-refractivity contribution is -0.144. The summed E-state index contributed by atoms with van der Waals surface area (Å²) in [5, 5.41) is 10.6. The lowest BCUT2D eigenvalue weighted by Crippen LogP contribution is -2.58. The zero-order chi connectivity index (χ0) is 36.7. The Labute approximate surface area is 298 Å². The van der Waals surface area contributed by atoms with E-state index in [4.69, 9.17) is 5.73 Å². The minimum Gasteiger partial charge on any atom is -0.368 e. The molecular weight excluding hydrogens is 685 g/mol. The van der Waals surface area contributed by atoms with E-state index in [1.807, 2.05) is 19.1 Å². The molecule has 0 saturated carbocycles. The molecule has 6 N–H and O–H groups in total. The molecule has 270 valence electrons. The average Bonchev–Trinajstić information content (AvgIpc) is 3.73. The number of nitrogens with one attached hydrogen (secondary N) is 4. The molecule has 1 aromatic heterocycles. The first-order valence-electron chi connectivity index (χ1n) is 16.2. The van der Waals surface area contributed by atoms with Crippen molar-refractivity contribution in [3.63, 3.8) is 0 Å². The number of nitrogens with two attached hydrogens (primary N) is 1. The summed E-state index contributed by atoms with van der Waals surface area (Å²) in [4.78, 5) is 100. The number of primary amides is 1. The second kappa shape index (κ2) is 16.5. The predicted octanol–water partition coefficient (Wildman–Crippen LogP) is 0.0892. The van der Waals surface area contributed by atoms with Gasteiger partial charge in [-0.2, -0.15) is 0 Å². The monoisotopic (exact) mass is 728 g/mol. The molecule has 0 spiro atoms. The number of thioether (sulfide) groups is 1. The smallest absolute Gasteiger partial charge is 0.247 e. The molecule has 17 heteroatoms. The van der Waals surface area contributed by atoms with E-state index in [0.29, 0.717) is 18.4 Å². The van der Waals surface area contributed by atoms with Crippen LogP contribution in [0.1, 0.15) is 50.9 Å². The molecule has 7 amide bonds. The van der Waals surface area contributed by atoms with Gasteiger partial charge in [-0.1, -0.05) is 45.0 Å². The molecule has 2 fully saturated rings. The molecule has 2 aliphatic heterocycles. The first kappa shape index (κ1) is 38.3. The molecule has 4 atom stereocenters. The molecule has 50 heavy (non-hydrogen) atoms. The van der Waals surface area contributed by atoms with Crippen LogP contribution < -0.4 is 27.0 Å². The number of nitrogens with zero attached hydrogens (tertiary/aromatic N) is 3. The van der Waals surface area contributed by atoms with E-state index >= 15 is 0 Å². The molecule has 1 aromatic carbocycles. The van der Waals surface area contributed by atoms with Crippen LogP contribution >= 0.6 is 23.1 Å². The highest BCUT2D eigenvalue weighted by molar-refractivity contribution is 8.00. The van der Waals surface area contributed by atoms with Crippen molar-refractivity contribution >= 4 is 64.4 Å². The number of rotatable bonds is 3. The second-order valence-corrected chi connectivity index (χ2v) is 15.2. The Morgan fingerprint density at radius 2 is 1.66 bits per heavy atom. The van der Waals surface area contributed by atoms with Crippen molar-refractivity contribution in [1.29, 1.82) is 0 Å². The number of carbonyl (C=O) groups is 7. The number of amides is 7. The maximum Gasteiger partial charge on any atom is 0.247 e. The lowest BCUT2D eigenvalue weighted by Gasteiger charge is -2.35. The van der Waals surface area contributed by atoms with Crippen LogP contribution in [-0.2, 0) is 33.6 Å². The van der Waals surface area contributed by atoms with Gasteiger partial charge in [-0.05, 0) is 36.3 Å². The van der Waals surface area contributed by atoms with Crippen molar-refractivity contribution in [3.8, 4) is 10.4 Å². The maximum atomic E-state index is 14.0. The first-order chi connectivity index (χ1) is 23.6. The topological polar surface area (TPSA) is 213 Å². The summed E-state index contributed by atoms with van der Waals surface area (Å²) < 4.78 is 0. The summed E-state index contributed by atoms with van der Waals surface area (Å²) >= 11 is 2.52. The van der Waals surface area contributed by atoms with E-state index < -0.39 is 84.0 Å². The molecule has 0 bridgehead atoms. The quantitative estimate of drug-likeness (QED) is 0.289. The maximum absolute atomic E-state index is 14.0. The van der Waals surface area contributed by atoms with Crippen LogP contribution in [-0.4, -0.2) is 112 Å². The molecule has 2 aliphatic rings. The van der Waals surface area contributed by atoms with Crippen LogP contribution in [0.5, 0.6) is 0 Å². The van der Waals surface area contributed by atoms with Crippen LogP contribution in [0.4, 0.5) is 0 Å². The Morgan fingerprint density at radius 1 is 0.960 bits per heavy atom. The molecule has 2 saturated heterocycles. The Hall–Kier alpha value is -4.51. The Bertz CT molecular complexity index is 1620.